The normalized spacial score (nSPS) is 26.9. The standard InChI is InChI=1S/C16H21NO2/c1-12-6-8-13(9-7-12)16(18)17-10-11-19-15-5-3-2-4-14(15)17/h6-9,14-15H,2-5,10-11H2,1H3/t14-,15+/m1/s1. The fourth-order valence-electron chi connectivity index (χ4n) is 3.21. The van der Waals surface area contributed by atoms with E-state index in [-0.39, 0.29) is 18.1 Å². The fraction of sp³-hybridized carbons (Fsp3) is 0.562. The summed E-state index contributed by atoms with van der Waals surface area (Å²) >= 11 is 0. The van der Waals surface area contributed by atoms with E-state index >= 15 is 0 Å². The Morgan fingerprint density at radius 1 is 1.21 bits per heavy atom. The van der Waals surface area contributed by atoms with Crippen molar-refractivity contribution in [3.8, 4) is 0 Å². The molecule has 2 atom stereocenters. The number of ether oxygens (including phenoxy) is 1. The van der Waals surface area contributed by atoms with E-state index in [2.05, 4.69) is 0 Å². The van der Waals surface area contributed by atoms with Gasteiger partial charge < -0.3 is 9.64 Å². The summed E-state index contributed by atoms with van der Waals surface area (Å²) in [6, 6.07) is 8.17. The van der Waals surface area contributed by atoms with E-state index in [1.165, 1.54) is 18.4 Å². The van der Waals surface area contributed by atoms with Gasteiger partial charge in [-0.1, -0.05) is 30.5 Å². The lowest BCUT2D eigenvalue weighted by molar-refractivity contribution is -0.0752. The Labute approximate surface area is 114 Å². The molecule has 0 radical (unpaired) electrons. The van der Waals surface area contributed by atoms with Crippen LogP contribution in [0, 0.1) is 6.92 Å². The molecule has 1 saturated heterocycles. The summed E-state index contributed by atoms with van der Waals surface area (Å²) in [6.07, 6.45) is 4.89. The predicted octanol–water partition coefficient (Wildman–Crippen LogP) is 2.78. The Morgan fingerprint density at radius 3 is 2.74 bits per heavy atom. The number of rotatable bonds is 1. The molecule has 102 valence electrons. The number of amides is 1. The SMILES string of the molecule is Cc1ccc(C(=O)N2CCO[C@H]3CCCC[C@H]32)cc1. The van der Waals surface area contributed by atoms with Crippen molar-refractivity contribution in [1.29, 1.82) is 0 Å². The minimum absolute atomic E-state index is 0.167. The van der Waals surface area contributed by atoms with Crippen molar-refractivity contribution < 1.29 is 9.53 Å². The molecule has 0 aromatic heterocycles. The van der Waals surface area contributed by atoms with Gasteiger partial charge in [-0.05, 0) is 31.9 Å². The molecule has 1 aromatic rings. The number of hydrogen-bond acceptors (Lipinski definition) is 2. The van der Waals surface area contributed by atoms with E-state index in [0.29, 0.717) is 6.61 Å². The lowest BCUT2D eigenvalue weighted by Crippen LogP contribution is -2.54. The highest BCUT2D eigenvalue weighted by molar-refractivity contribution is 5.94. The molecule has 0 N–H and O–H groups in total. The Balaban J connectivity index is 1.79. The zero-order valence-corrected chi connectivity index (χ0v) is 11.5. The van der Waals surface area contributed by atoms with Gasteiger partial charge in [0.05, 0.1) is 18.8 Å². The van der Waals surface area contributed by atoms with Crippen LogP contribution in [0.25, 0.3) is 0 Å². The number of aryl methyl sites for hydroxylation is 1. The Bertz CT molecular complexity index is 452. The molecule has 2 fully saturated rings. The summed E-state index contributed by atoms with van der Waals surface area (Å²) in [5.74, 6) is 0.167. The molecule has 3 heteroatoms. The lowest BCUT2D eigenvalue weighted by Gasteiger charge is -2.43. The first-order valence-electron chi connectivity index (χ1n) is 7.25. The molecule has 0 bridgehead atoms. The van der Waals surface area contributed by atoms with E-state index in [9.17, 15) is 4.79 Å². The van der Waals surface area contributed by atoms with E-state index in [0.717, 1.165) is 24.9 Å². The van der Waals surface area contributed by atoms with Crippen LogP contribution in [-0.2, 0) is 4.74 Å². The second kappa shape index (κ2) is 5.33. The van der Waals surface area contributed by atoms with Crippen molar-refractivity contribution in [2.24, 2.45) is 0 Å². The van der Waals surface area contributed by atoms with Crippen LogP contribution in [0.4, 0.5) is 0 Å². The minimum atomic E-state index is 0.167. The predicted molar refractivity (Wildman–Crippen MR) is 74.2 cm³/mol. The zero-order valence-electron chi connectivity index (χ0n) is 11.5. The summed E-state index contributed by atoms with van der Waals surface area (Å²) in [5.41, 5.74) is 1.99. The van der Waals surface area contributed by atoms with Gasteiger partial charge in [-0.15, -0.1) is 0 Å². The molecule has 3 nitrogen and oxygen atoms in total. The van der Waals surface area contributed by atoms with Crippen LogP contribution in [-0.4, -0.2) is 36.1 Å². The van der Waals surface area contributed by atoms with Crippen molar-refractivity contribution >= 4 is 5.91 Å². The zero-order chi connectivity index (χ0) is 13.2. The third-order valence-electron chi connectivity index (χ3n) is 4.29. The number of carbonyl (C=O) groups excluding carboxylic acids is 1. The Morgan fingerprint density at radius 2 is 1.95 bits per heavy atom. The van der Waals surface area contributed by atoms with Crippen LogP contribution in [0.1, 0.15) is 41.6 Å². The highest BCUT2D eigenvalue weighted by Crippen LogP contribution is 2.29. The van der Waals surface area contributed by atoms with E-state index in [4.69, 9.17) is 4.74 Å². The molecule has 0 spiro atoms. The fourth-order valence-corrected chi connectivity index (χ4v) is 3.21. The molecule has 2 aliphatic rings. The molecular formula is C16H21NO2. The summed E-state index contributed by atoms with van der Waals surface area (Å²) in [4.78, 5) is 14.7. The quantitative estimate of drug-likeness (QED) is 0.776. The summed E-state index contributed by atoms with van der Waals surface area (Å²) in [5, 5.41) is 0. The molecule has 19 heavy (non-hydrogen) atoms. The Kier molecular flexibility index (Phi) is 3.56. The molecule has 1 aromatic carbocycles. The molecule has 1 aliphatic carbocycles. The average Bonchev–Trinajstić information content (AvgIpc) is 2.47. The lowest BCUT2D eigenvalue weighted by atomic mass is 9.89. The van der Waals surface area contributed by atoms with Crippen LogP contribution in [0.3, 0.4) is 0 Å². The van der Waals surface area contributed by atoms with Crippen LogP contribution in [0.2, 0.25) is 0 Å². The Hall–Kier alpha value is -1.35. The highest BCUT2D eigenvalue weighted by Gasteiger charge is 2.36. The number of morpholine rings is 1. The van der Waals surface area contributed by atoms with Gasteiger partial charge in [0, 0.05) is 12.1 Å². The molecular weight excluding hydrogens is 238 g/mol. The monoisotopic (exact) mass is 259 g/mol. The first-order chi connectivity index (χ1) is 9.25. The number of benzene rings is 1. The highest BCUT2D eigenvalue weighted by atomic mass is 16.5. The van der Waals surface area contributed by atoms with Gasteiger partial charge in [0.2, 0.25) is 0 Å². The maximum Gasteiger partial charge on any atom is 0.254 e. The van der Waals surface area contributed by atoms with Crippen LogP contribution in [0.15, 0.2) is 24.3 Å². The summed E-state index contributed by atoms with van der Waals surface area (Å²) < 4.78 is 5.82. The first-order valence-corrected chi connectivity index (χ1v) is 7.25. The second-order valence-electron chi connectivity index (χ2n) is 5.63. The molecule has 0 unspecified atom stereocenters. The molecule has 1 saturated carbocycles. The van der Waals surface area contributed by atoms with Gasteiger partial charge in [0.1, 0.15) is 0 Å². The number of carbonyl (C=O) groups is 1. The summed E-state index contributed by atoms with van der Waals surface area (Å²) in [6.45, 7) is 3.45. The van der Waals surface area contributed by atoms with E-state index in [1.54, 1.807) is 0 Å². The second-order valence-corrected chi connectivity index (χ2v) is 5.63. The first kappa shape index (κ1) is 12.7. The van der Waals surface area contributed by atoms with Gasteiger partial charge in [0.25, 0.3) is 5.91 Å². The van der Waals surface area contributed by atoms with Crippen LogP contribution < -0.4 is 0 Å². The molecule has 1 aliphatic heterocycles. The number of fused-ring (bicyclic) bond motifs is 1. The van der Waals surface area contributed by atoms with Crippen molar-refractivity contribution in [3.05, 3.63) is 35.4 Å². The van der Waals surface area contributed by atoms with Gasteiger partial charge in [-0.3, -0.25) is 4.79 Å². The van der Waals surface area contributed by atoms with Gasteiger partial charge >= 0.3 is 0 Å². The summed E-state index contributed by atoms with van der Waals surface area (Å²) in [7, 11) is 0. The largest absolute Gasteiger partial charge is 0.374 e. The van der Waals surface area contributed by atoms with E-state index in [1.807, 2.05) is 36.1 Å². The third-order valence-corrected chi connectivity index (χ3v) is 4.29. The maximum atomic E-state index is 12.6. The van der Waals surface area contributed by atoms with E-state index < -0.39 is 0 Å². The van der Waals surface area contributed by atoms with Crippen LogP contribution in [0.5, 0.6) is 0 Å². The number of hydrogen-bond donors (Lipinski definition) is 0. The average molecular weight is 259 g/mol. The molecule has 3 rings (SSSR count). The van der Waals surface area contributed by atoms with Gasteiger partial charge in [0.15, 0.2) is 0 Å². The minimum Gasteiger partial charge on any atom is -0.374 e. The third kappa shape index (κ3) is 2.52. The smallest absolute Gasteiger partial charge is 0.254 e. The number of nitrogens with zero attached hydrogens (tertiary/aromatic N) is 1. The van der Waals surface area contributed by atoms with Crippen molar-refractivity contribution in [2.45, 2.75) is 44.8 Å². The molecule has 1 heterocycles. The van der Waals surface area contributed by atoms with Gasteiger partial charge in [-0.2, -0.15) is 0 Å². The van der Waals surface area contributed by atoms with Crippen molar-refractivity contribution in [2.75, 3.05) is 13.2 Å². The molecule has 1 amide bonds. The van der Waals surface area contributed by atoms with Gasteiger partial charge in [-0.25, -0.2) is 0 Å². The maximum absolute atomic E-state index is 12.6. The van der Waals surface area contributed by atoms with Crippen molar-refractivity contribution in [3.63, 3.8) is 0 Å². The van der Waals surface area contributed by atoms with Crippen LogP contribution >= 0.6 is 0 Å². The topological polar surface area (TPSA) is 29.5 Å². The van der Waals surface area contributed by atoms with Crippen molar-refractivity contribution in [1.82, 2.24) is 4.90 Å².